The number of carbonyl (C=O) groups excluding carboxylic acids is 2. The highest BCUT2D eigenvalue weighted by atomic mass is 16.4. The van der Waals surface area contributed by atoms with E-state index in [9.17, 15) is 14.4 Å². The molecule has 0 aliphatic rings. The van der Waals surface area contributed by atoms with Gasteiger partial charge in [-0.2, -0.15) is 0 Å². The predicted octanol–water partition coefficient (Wildman–Crippen LogP) is 2.09. The van der Waals surface area contributed by atoms with Gasteiger partial charge in [-0.15, -0.1) is 0 Å². The number of hydrogen-bond donors (Lipinski definition) is 2. The van der Waals surface area contributed by atoms with E-state index < -0.39 is 5.97 Å². The number of benzene rings is 2. The molecule has 26 heavy (non-hydrogen) atoms. The molecule has 0 bridgehead atoms. The molecule has 6 heteroatoms. The van der Waals surface area contributed by atoms with Crippen molar-refractivity contribution >= 4 is 17.8 Å². The maximum absolute atomic E-state index is 12.1. The number of carboxylic acid groups (broad SMARTS) is 1. The summed E-state index contributed by atoms with van der Waals surface area (Å²) < 4.78 is 0. The van der Waals surface area contributed by atoms with Gasteiger partial charge in [0.05, 0.1) is 12.1 Å². The van der Waals surface area contributed by atoms with Crippen molar-refractivity contribution in [2.75, 3.05) is 13.6 Å². The normalized spacial score (nSPS) is 10.2. The number of rotatable bonds is 8. The van der Waals surface area contributed by atoms with Gasteiger partial charge in [-0.3, -0.25) is 9.59 Å². The molecule has 0 saturated heterocycles. The standard InChI is InChI=1S/C20H22N2O4/c1-22(14-15-7-3-2-4-8-15)19(24)13-21-18(23)12-11-16-9-5-6-10-17(16)20(25)26/h2-10H,11-14H2,1H3,(H,21,23)(H,25,26). The molecule has 0 fully saturated rings. The molecule has 136 valence electrons. The Morgan fingerprint density at radius 1 is 1.00 bits per heavy atom. The molecule has 2 aromatic carbocycles. The molecular weight excluding hydrogens is 332 g/mol. The Bertz CT molecular complexity index is 774. The highest BCUT2D eigenvalue weighted by Crippen LogP contribution is 2.11. The highest BCUT2D eigenvalue weighted by Gasteiger charge is 2.13. The van der Waals surface area contributed by atoms with Crippen LogP contribution >= 0.6 is 0 Å². The molecule has 2 N–H and O–H groups in total. The minimum absolute atomic E-state index is 0.0806. The van der Waals surface area contributed by atoms with E-state index in [1.54, 1.807) is 30.1 Å². The molecule has 0 radical (unpaired) electrons. The van der Waals surface area contributed by atoms with E-state index in [4.69, 9.17) is 5.11 Å². The monoisotopic (exact) mass is 354 g/mol. The van der Waals surface area contributed by atoms with Crippen molar-refractivity contribution in [2.45, 2.75) is 19.4 Å². The van der Waals surface area contributed by atoms with Crippen molar-refractivity contribution in [1.82, 2.24) is 10.2 Å². The number of aromatic carboxylic acids is 1. The molecule has 0 unspecified atom stereocenters. The third kappa shape index (κ3) is 5.73. The second-order valence-electron chi connectivity index (χ2n) is 5.97. The lowest BCUT2D eigenvalue weighted by atomic mass is 10.0. The first kappa shape index (κ1) is 19.2. The van der Waals surface area contributed by atoms with Gasteiger partial charge < -0.3 is 15.3 Å². The van der Waals surface area contributed by atoms with Crippen molar-refractivity contribution in [3.63, 3.8) is 0 Å². The van der Waals surface area contributed by atoms with Gasteiger partial charge in [-0.05, 0) is 23.6 Å². The average molecular weight is 354 g/mol. The Labute approximate surface area is 152 Å². The van der Waals surface area contributed by atoms with Gasteiger partial charge in [0.15, 0.2) is 0 Å². The molecule has 0 aromatic heterocycles. The molecule has 6 nitrogen and oxygen atoms in total. The van der Waals surface area contributed by atoms with Crippen LogP contribution in [0, 0.1) is 0 Å². The highest BCUT2D eigenvalue weighted by molar-refractivity contribution is 5.89. The first-order valence-electron chi connectivity index (χ1n) is 8.33. The first-order valence-corrected chi connectivity index (χ1v) is 8.33. The number of hydrogen-bond acceptors (Lipinski definition) is 3. The number of amides is 2. The molecule has 2 aromatic rings. The Kier molecular flexibility index (Phi) is 6.91. The summed E-state index contributed by atoms with van der Waals surface area (Å²) in [5.41, 5.74) is 1.81. The van der Waals surface area contributed by atoms with Crippen LogP contribution in [-0.2, 0) is 22.6 Å². The summed E-state index contributed by atoms with van der Waals surface area (Å²) in [4.78, 5) is 36.8. The summed E-state index contributed by atoms with van der Waals surface area (Å²) >= 11 is 0. The lowest BCUT2D eigenvalue weighted by Gasteiger charge is -2.17. The second-order valence-corrected chi connectivity index (χ2v) is 5.97. The molecule has 2 amide bonds. The first-order chi connectivity index (χ1) is 12.5. The van der Waals surface area contributed by atoms with Crippen molar-refractivity contribution in [2.24, 2.45) is 0 Å². The van der Waals surface area contributed by atoms with Crippen molar-refractivity contribution < 1.29 is 19.5 Å². The summed E-state index contributed by atoms with van der Waals surface area (Å²) in [7, 11) is 1.69. The molecule has 0 aliphatic carbocycles. The van der Waals surface area contributed by atoms with E-state index in [0.717, 1.165) is 5.56 Å². The zero-order valence-corrected chi connectivity index (χ0v) is 14.6. The maximum Gasteiger partial charge on any atom is 0.335 e. The van der Waals surface area contributed by atoms with Crippen molar-refractivity contribution in [3.05, 3.63) is 71.3 Å². The van der Waals surface area contributed by atoms with E-state index in [1.165, 1.54) is 6.07 Å². The third-order valence-corrected chi connectivity index (χ3v) is 3.99. The molecule has 2 rings (SSSR count). The van der Waals surface area contributed by atoms with Crippen LogP contribution in [0.1, 0.15) is 27.9 Å². The van der Waals surface area contributed by atoms with Crippen LogP contribution in [0.4, 0.5) is 0 Å². The number of nitrogens with zero attached hydrogens (tertiary/aromatic N) is 1. The lowest BCUT2D eigenvalue weighted by molar-refractivity contribution is -0.132. The van der Waals surface area contributed by atoms with Crippen LogP contribution in [-0.4, -0.2) is 41.4 Å². The number of carboxylic acids is 1. The van der Waals surface area contributed by atoms with Crippen LogP contribution in [0.3, 0.4) is 0 Å². The number of carbonyl (C=O) groups is 3. The zero-order valence-electron chi connectivity index (χ0n) is 14.6. The van der Waals surface area contributed by atoms with Crippen LogP contribution in [0.25, 0.3) is 0 Å². The smallest absolute Gasteiger partial charge is 0.335 e. The van der Waals surface area contributed by atoms with Crippen molar-refractivity contribution in [3.8, 4) is 0 Å². The zero-order chi connectivity index (χ0) is 18.9. The second kappa shape index (κ2) is 9.36. The van der Waals surface area contributed by atoms with Crippen LogP contribution in [0.5, 0.6) is 0 Å². The number of likely N-dealkylation sites (N-methyl/N-ethyl adjacent to an activating group) is 1. The molecule has 0 spiro atoms. The van der Waals surface area contributed by atoms with E-state index >= 15 is 0 Å². The van der Waals surface area contributed by atoms with Gasteiger partial charge >= 0.3 is 5.97 Å². The summed E-state index contributed by atoms with van der Waals surface area (Å²) in [5.74, 6) is -1.49. The molecule has 0 atom stereocenters. The topological polar surface area (TPSA) is 86.7 Å². The summed E-state index contributed by atoms with van der Waals surface area (Å²) in [6, 6.07) is 16.2. The number of nitrogens with one attached hydrogen (secondary N) is 1. The van der Waals surface area contributed by atoms with Gasteiger partial charge in [0.2, 0.25) is 11.8 Å². The number of aryl methyl sites for hydroxylation is 1. The van der Waals surface area contributed by atoms with E-state index in [2.05, 4.69) is 5.32 Å². The summed E-state index contributed by atoms with van der Waals surface area (Å²) in [6.07, 6.45) is 0.433. The van der Waals surface area contributed by atoms with Crippen LogP contribution in [0.15, 0.2) is 54.6 Å². The minimum Gasteiger partial charge on any atom is -0.478 e. The lowest BCUT2D eigenvalue weighted by Crippen LogP contribution is -2.37. The maximum atomic E-state index is 12.1. The Hall–Kier alpha value is -3.15. The van der Waals surface area contributed by atoms with Gasteiger partial charge in [0.1, 0.15) is 0 Å². The van der Waals surface area contributed by atoms with Gasteiger partial charge in [0.25, 0.3) is 0 Å². The SMILES string of the molecule is CN(Cc1ccccc1)C(=O)CNC(=O)CCc1ccccc1C(=O)O. The fraction of sp³-hybridized carbons (Fsp3) is 0.250. The van der Waals surface area contributed by atoms with Gasteiger partial charge in [0, 0.05) is 20.0 Å². The fourth-order valence-corrected chi connectivity index (χ4v) is 2.54. The molecule has 0 aliphatic heterocycles. The van der Waals surface area contributed by atoms with E-state index in [1.807, 2.05) is 30.3 Å². The Balaban J connectivity index is 1.78. The fourth-order valence-electron chi connectivity index (χ4n) is 2.54. The molecule has 0 saturated carbocycles. The van der Waals surface area contributed by atoms with Gasteiger partial charge in [-0.25, -0.2) is 4.79 Å². The van der Waals surface area contributed by atoms with Gasteiger partial charge in [-0.1, -0.05) is 48.5 Å². The summed E-state index contributed by atoms with van der Waals surface area (Å²) in [6.45, 7) is 0.393. The Morgan fingerprint density at radius 3 is 2.35 bits per heavy atom. The predicted molar refractivity (Wildman–Crippen MR) is 97.6 cm³/mol. The minimum atomic E-state index is -1.02. The summed E-state index contributed by atoms with van der Waals surface area (Å²) in [5, 5.41) is 11.7. The van der Waals surface area contributed by atoms with Crippen LogP contribution in [0.2, 0.25) is 0 Å². The largest absolute Gasteiger partial charge is 0.478 e. The average Bonchev–Trinajstić information content (AvgIpc) is 2.65. The van der Waals surface area contributed by atoms with E-state index in [-0.39, 0.29) is 30.3 Å². The molecule has 0 heterocycles. The quantitative estimate of drug-likeness (QED) is 0.760. The third-order valence-electron chi connectivity index (χ3n) is 3.99. The van der Waals surface area contributed by atoms with Crippen molar-refractivity contribution in [1.29, 1.82) is 0 Å². The van der Waals surface area contributed by atoms with E-state index in [0.29, 0.717) is 18.5 Å². The molecular formula is C20H22N2O4. The Morgan fingerprint density at radius 2 is 1.65 bits per heavy atom. The van der Waals surface area contributed by atoms with Crippen LogP contribution < -0.4 is 5.32 Å².